The summed E-state index contributed by atoms with van der Waals surface area (Å²) in [6.45, 7) is 0. The molecule has 0 spiro atoms. The molecule has 4 nitrogen and oxygen atoms in total. The summed E-state index contributed by atoms with van der Waals surface area (Å²) in [5.74, 6) is 0.626. The molecule has 2 heterocycles. The lowest BCUT2D eigenvalue weighted by molar-refractivity contribution is 0.895. The highest BCUT2D eigenvalue weighted by molar-refractivity contribution is 5.94. The minimum absolute atomic E-state index is 0.626. The van der Waals surface area contributed by atoms with Gasteiger partial charge >= 0.3 is 0 Å². The van der Waals surface area contributed by atoms with E-state index in [4.69, 9.17) is 5.73 Å². The summed E-state index contributed by atoms with van der Waals surface area (Å²) in [7, 11) is 0. The average molecular weight is 274 g/mol. The molecular weight excluding hydrogens is 260 g/mol. The van der Waals surface area contributed by atoms with Gasteiger partial charge in [0.25, 0.3) is 0 Å². The number of nitrogens with zero attached hydrogens (tertiary/aromatic N) is 2. The van der Waals surface area contributed by atoms with E-state index in [0.717, 1.165) is 27.8 Å². The van der Waals surface area contributed by atoms with Crippen LogP contribution < -0.4 is 5.73 Å². The zero-order chi connectivity index (χ0) is 14.2. The van der Waals surface area contributed by atoms with Crippen molar-refractivity contribution in [3.63, 3.8) is 0 Å². The topological polar surface area (TPSA) is 59.6 Å². The van der Waals surface area contributed by atoms with E-state index in [1.165, 1.54) is 0 Å². The van der Waals surface area contributed by atoms with Crippen LogP contribution in [0.4, 0.5) is 5.82 Å². The molecule has 0 saturated carbocycles. The number of para-hydroxylation sites is 2. The van der Waals surface area contributed by atoms with Crippen LogP contribution in [0.1, 0.15) is 0 Å². The second-order valence-corrected chi connectivity index (χ2v) is 4.95. The number of hydrogen-bond acceptors (Lipinski definition) is 2. The maximum Gasteiger partial charge on any atom is 0.127 e. The van der Waals surface area contributed by atoms with E-state index in [9.17, 15) is 0 Å². The van der Waals surface area contributed by atoms with Crippen molar-refractivity contribution in [1.29, 1.82) is 0 Å². The number of benzene rings is 2. The van der Waals surface area contributed by atoms with Crippen molar-refractivity contribution in [3.8, 4) is 16.9 Å². The third-order valence-corrected chi connectivity index (χ3v) is 3.60. The van der Waals surface area contributed by atoms with E-state index >= 15 is 0 Å². The lowest BCUT2D eigenvalue weighted by Gasteiger charge is -2.02. The largest absolute Gasteiger partial charge is 0.384 e. The van der Waals surface area contributed by atoms with Crippen LogP contribution in [0, 0.1) is 0 Å². The molecule has 102 valence electrons. The van der Waals surface area contributed by atoms with Gasteiger partial charge in [-0.25, -0.2) is 4.68 Å². The van der Waals surface area contributed by atoms with Gasteiger partial charge in [-0.1, -0.05) is 36.4 Å². The van der Waals surface area contributed by atoms with Gasteiger partial charge in [0.15, 0.2) is 0 Å². The fourth-order valence-electron chi connectivity index (χ4n) is 2.59. The number of nitrogen functional groups attached to an aromatic ring is 1. The number of aromatic nitrogens is 3. The van der Waals surface area contributed by atoms with Crippen molar-refractivity contribution < 1.29 is 0 Å². The minimum Gasteiger partial charge on any atom is -0.384 e. The van der Waals surface area contributed by atoms with Crippen LogP contribution in [0.25, 0.3) is 27.8 Å². The molecule has 21 heavy (non-hydrogen) atoms. The second-order valence-electron chi connectivity index (χ2n) is 4.95. The Hall–Kier alpha value is -3.01. The molecule has 0 radical (unpaired) electrons. The van der Waals surface area contributed by atoms with Crippen LogP contribution in [-0.2, 0) is 0 Å². The first-order valence-corrected chi connectivity index (χ1v) is 6.80. The van der Waals surface area contributed by atoms with Gasteiger partial charge in [0, 0.05) is 28.7 Å². The Morgan fingerprint density at radius 2 is 1.71 bits per heavy atom. The monoisotopic (exact) mass is 274 g/mol. The molecule has 0 bridgehead atoms. The van der Waals surface area contributed by atoms with E-state index in [2.05, 4.69) is 22.2 Å². The molecule has 2 aromatic carbocycles. The Labute approximate surface area is 121 Å². The fraction of sp³-hybridized carbons (Fsp3) is 0. The number of aromatic amines is 1. The van der Waals surface area contributed by atoms with Crippen molar-refractivity contribution >= 4 is 16.7 Å². The van der Waals surface area contributed by atoms with Gasteiger partial charge in [-0.2, -0.15) is 5.10 Å². The third kappa shape index (κ3) is 1.89. The maximum atomic E-state index is 6.11. The van der Waals surface area contributed by atoms with Crippen LogP contribution in [0.15, 0.2) is 66.9 Å². The number of rotatable bonds is 2. The smallest absolute Gasteiger partial charge is 0.127 e. The van der Waals surface area contributed by atoms with Gasteiger partial charge < -0.3 is 10.7 Å². The summed E-state index contributed by atoms with van der Waals surface area (Å²) in [5, 5.41) is 5.79. The van der Waals surface area contributed by atoms with Crippen molar-refractivity contribution in [2.24, 2.45) is 0 Å². The van der Waals surface area contributed by atoms with Crippen LogP contribution in [0.2, 0.25) is 0 Å². The molecular formula is C17H14N4. The fourth-order valence-corrected chi connectivity index (χ4v) is 2.59. The van der Waals surface area contributed by atoms with Gasteiger partial charge in [-0.15, -0.1) is 0 Å². The molecule has 4 aromatic rings. The number of nitrogens with one attached hydrogen (secondary N) is 1. The van der Waals surface area contributed by atoms with Crippen LogP contribution >= 0.6 is 0 Å². The molecule has 0 unspecified atom stereocenters. The molecule has 0 aliphatic carbocycles. The molecule has 4 heteroatoms. The number of nitrogens with two attached hydrogens (primary N) is 1. The average Bonchev–Trinajstić information content (AvgIpc) is 3.11. The Bertz CT molecular complexity index is 903. The Morgan fingerprint density at radius 3 is 2.57 bits per heavy atom. The zero-order valence-electron chi connectivity index (χ0n) is 11.3. The maximum absolute atomic E-state index is 6.11. The Balaban J connectivity index is 1.87. The van der Waals surface area contributed by atoms with Gasteiger partial charge in [-0.05, 0) is 18.2 Å². The zero-order valence-corrected chi connectivity index (χ0v) is 11.3. The quantitative estimate of drug-likeness (QED) is 0.586. The summed E-state index contributed by atoms with van der Waals surface area (Å²) in [5.41, 5.74) is 10.1. The molecule has 3 N–H and O–H groups in total. The first-order valence-electron chi connectivity index (χ1n) is 6.80. The van der Waals surface area contributed by atoms with Crippen LogP contribution in [-0.4, -0.2) is 14.8 Å². The molecule has 0 atom stereocenters. The standard InChI is InChI=1S/C17H14N4/c18-17-10-16(20-21(17)12-6-2-1-3-7-12)14-11-19-15-9-5-4-8-13(14)15/h1-11,19H,18H2. The van der Waals surface area contributed by atoms with E-state index in [-0.39, 0.29) is 0 Å². The molecule has 0 aliphatic heterocycles. The van der Waals surface area contributed by atoms with E-state index in [1.54, 1.807) is 4.68 Å². The Morgan fingerprint density at radius 1 is 0.952 bits per heavy atom. The summed E-state index contributed by atoms with van der Waals surface area (Å²) < 4.78 is 1.76. The lowest BCUT2D eigenvalue weighted by atomic mass is 10.1. The predicted molar refractivity (Wildman–Crippen MR) is 85.3 cm³/mol. The first-order chi connectivity index (χ1) is 10.3. The number of hydrogen-bond donors (Lipinski definition) is 2. The van der Waals surface area contributed by atoms with E-state index in [1.807, 2.05) is 54.7 Å². The summed E-state index contributed by atoms with van der Waals surface area (Å²) in [6, 6.07) is 20.0. The van der Waals surface area contributed by atoms with Crippen molar-refractivity contribution in [2.75, 3.05) is 5.73 Å². The van der Waals surface area contributed by atoms with Gasteiger partial charge in [0.05, 0.1) is 11.4 Å². The molecule has 0 aliphatic rings. The number of H-pyrrole nitrogens is 1. The highest BCUT2D eigenvalue weighted by Gasteiger charge is 2.12. The number of fused-ring (bicyclic) bond motifs is 1. The predicted octanol–water partition coefficient (Wildman–Crippen LogP) is 3.60. The van der Waals surface area contributed by atoms with E-state index in [0.29, 0.717) is 5.82 Å². The van der Waals surface area contributed by atoms with Gasteiger partial charge in [-0.3, -0.25) is 0 Å². The molecule has 0 fully saturated rings. The molecule has 4 rings (SSSR count). The van der Waals surface area contributed by atoms with E-state index < -0.39 is 0 Å². The second kappa shape index (κ2) is 4.52. The van der Waals surface area contributed by atoms with Crippen molar-refractivity contribution in [2.45, 2.75) is 0 Å². The highest BCUT2D eigenvalue weighted by Crippen LogP contribution is 2.29. The molecule has 0 saturated heterocycles. The first kappa shape index (κ1) is 11.8. The number of anilines is 1. The summed E-state index contributed by atoms with van der Waals surface area (Å²) >= 11 is 0. The molecule has 2 aromatic heterocycles. The normalized spacial score (nSPS) is 11.0. The van der Waals surface area contributed by atoms with Crippen LogP contribution in [0.5, 0.6) is 0 Å². The molecule has 0 amide bonds. The highest BCUT2D eigenvalue weighted by atomic mass is 15.3. The SMILES string of the molecule is Nc1cc(-c2c[nH]c3ccccc23)nn1-c1ccccc1. The lowest BCUT2D eigenvalue weighted by Crippen LogP contribution is -2.00. The minimum atomic E-state index is 0.626. The van der Waals surface area contributed by atoms with Crippen molar-refractivity contribution in [3.05, 3.63) is 66.9 Å². The van der Waals surface area contributed by atoms with Crippen LogP contribution in [0.3, 0.4) is 0 Å². The van der Waals surface area contributed by atoms with Gasteiger partial charge in [0.2, 0.25) is 0 Å². The Kier molecular flexibility index (Phi) is 2.54. The van der Waals surface area contributed by atoms with Gasteiger partial charge in [0.1, 0.15) is 5.82 Å². The van der Waals surface area contributed by atoms with Crippen molar-refractivity contribution in [1.82, 2.24) is 14.8 Å². The third-order valence-electron chi connectivity index (χ3n) is 3.60. The summed E-state index contributed by atoms with van der Waals surface area (Å²) in [6.07, 6.45) is 1.97. The summed E-state index contributed by atoms with van der Waals surface area (Å²) in [4.78, 5) is 3.27.